The molecular formula is C28H34N2O3. The number of hydrogen-bond acceptors (Lipinski definition) is 4. The second-order valence-corrected chi connectivity index (χ2v) is 10.5. The van der Waals surface area contributed by atoms with Crippen molar-refractivity contribution in [3.05, 3.63) is 80.2 Å². The molecule has 0 fully saturated rings. The van der Waals surface area contributed by atoms with E-state index in [9.17, 15) is 9.59 Å². The second-order valence-electron chi connectivity index (χ2n) is 10.5. The molecule has 174 valence electrons. The van der Waals surface area contributed by atoms with Gasteiger partial charge in [-0.25, -0.2) is 0 Å². The Labute approximate surface area is 196 Å². The van der Waals surface area contributed by atoms with E-state index in [2.05, 4.69) is 49.9 Å². The van der Waals surface area contributed by atoms with E-state index in [0.717, 1.165) is 29.7 Å². The van der Waals surface area contributed by atoms with Gasteiger partial charge >= 0.3 is 0 Å². The second kappa shape index (κ2) is 8.45. The normalized spacial score (nSPS) is 16.2. The number of nitrogens with zero attached hydrogens (tertiary/aromatic N) is 2. The highest BCUT2D eigenvalue weighted by Crippen LogP contribution is 2.39. The Morgan fingerprint density at radius 3 is 2.24 bits per heavy atom. The molecule has 1 amide bonds. The molecule has 0 aliphatic carbocycles. The molecule has 0 radical (unpaired) electrons. The van der Waals surface area contributed by atoms with Crippen molar-refractivity contribution >= 4 is 16.9 Å². The molecule has 0 spiro atoms. The SMILES string of the molecule is Cc1cc2oc3c(c(=O)c2cc1C)C(c1ccc(C(C)(C)C)cc1)N(CCCN(C)C)C3=O. The Morgan fingerprint density at radius 2 is 1.64 bits per heavy atom. The van der Waals surface area contributed by atoms with Crippen LogP contribution in [-0.4, -0.2) is 42.9 Å². The molecule has 33 heavy (non-hydrogen) atoms. The van der Waals surface area contributed by atoms with Gasteiger partial charge in [-0.1, -0.05) is 45.0 Å². The van der Waals surface area contributed by atoms with Crippen molar-refractivity contribution < 1.29 is 9.21 Å². The van der Waals surface area contributed by atoms with Crippen molar-refractivity contribution in [2.24, 2.45) is 0 Å². The standard InChI is InChI=1S/C28H34N2O3/c1-17-15-21-22(16-18(17)2)33-26-23(25(21)31)24(30(27(26)32)14-8-13-29(6)7)19-9-11-20(12-10-19)28(3,4)5/h9-12,15-16,24H,8,13-14H2,1-7H3. The molecule has 1 aromatic heterocycles. The Morgan fingerprint density at radius 1 is 1.00 bits per heavy atom. The average Bonchev–Trinajstić information content (AvgIpc) is 3.01. The monoisotopic (exact) mass is 446 g/mol. The lowest BCUT2D eigenvalue weighted by Gasteiger charge is -2.27. The maximum atomic E-state index is 13.7. The van der Waals surface area contributed by atoms with Gasteiger partial charge in [-0.2, -0.15) is 0 Å². The summed E-state index contributed by atoms with van der Waals surface area (Å²) in [6.45, 7) is 11.9. The molecule has 1 atom stereocenters. The number of fused-ring (bicyclic) bond motifs is 2. The molecule has 1 unspecified atom stereocenters. The number of amides is 1. The minimum atomic E-state index is -0.439. The summed E-state index contributed by atoms with van der Waals surface area (Å²) in [5, 5.41) is 0.538. The first-order valence-corrected chi connectivity index (χ1v) is 11.6. The van der Waals surface area contributed by atoms with Gasteiger partial charge in [-0.05, 0) is 80.7 Å². The van der Waals surface area contributed by atoms with E-state index in [1.807, 2.05) is 45.0 Å². The van der Waals surface area contributed by atoms with Crippen LogP contribution in [-0.2, 0) is 5.41 Å². The molecule has 0 saturated carbocycles. The topological polar surface area (TPSA) is 53.8 Å². The van der Waals surface area contributed by atoms with E-state index in [1.54, 1.807) is 0 Å². The molecule has 4 rings (SSSR count). The van der Waals surface area contributed by atoms with Gasteiger partial charge in [0.05, 0.1) is 17.0 Å². The zero-order valence-electron chi connectivity index (χ0n) is 20.8. The van der Waals surface area contributed by atoms with Gasteiger partial charge < -0.3 is 14.2 Å². The number of aryl methyl sites for hydroxylation is 2. The quantitative estimate of drug-likeness (QED) is 0.540. The maximum Gasteiger partial charge on any atom is 0.290 e. The van der Waals surface area contributed by atoms with E-state index >= 15 is 0 Å². The maximum absolute atomic E-state index is 13.7. The van der Waals surface area contributed by atoms with Crippen LogP contribution in [0.5, 0.6) is 0 Å². The van der Waals surface area contributed by atoms with Gasteiger partial charge in [0.25, 0.3) is 5.91 Å². The highest BCUT2D eigenvalue weighted by Gasteiger charge is 2.42. The predicted molar refractivity (Wildman–Crippen MR) is 133 cm³/mol. The molecule has 2 heterocycles. The average molecular weight is 447 g/mol. The van der Waals surface area contributed by atoms with Gasteiger partial charge in [0.1, 0.15) is 5.58 Å². The minimum Gasteiger partial charge on any atom is -0.450 e. The van der Waals surface area contributed by atoms with Gasteiger partial charge in [0, 0.05) is 6.54 Å². The van der Waals surface area contributed by atoms with E-state index < -0.39 is 6.04 Å². The van der Waals surface area contributed by atoms with Gasteiger partial charge in [-0.15, -0.1) is 0 Å². The third-order valence-corrected chi connectivity index (χ3v) is 6.68. The lowest BCUT2D eigenvalue weighted by molar-refractivity contribution is 0.0722. The molecule has 2 aromatic carbocycles. The number of carbonyl (C=O) groups excluding carboxylic acids is 1. The smallest absolute Gasteiger partial charge is 0.290 e. The fourth-order valence-corrected chi connectivity index (χ4v) is 4.58. The van der Waals surface area contributed by atoms with E-state index in [1.165, 1.54) is 5.56 Å². The van der Waals surface area contributed by atoms with Crippen molar-refractivity contribution in [2.45, 2.75) is 52.5 Å². The molecule has 3 aromatic rings. The van der Waals surface area contributed by atoms with Gasteiger partial charge in [0.2, 0.25) is 5.76 Å². The number of rotatable bonds is 5. The van der Waals surface area contributed by atoms with E-state index in [0.29, 0.717) is 23.1 Å². The van der Waals surface area contributed by atoms with Crippen LogP contribution in [0.4, 0.5) is 0 Å². The summed E-state index contributed by atoms with van der Waals surface area (Å²) in [6, 6.07) is 11.6. The lowest BCUT2D eigenvalue weighted by atomic mass is 9.86. The Hall–Kier alpha value is -2.92. The predicted octanol–water partition coefficient (Wildman–Crippen LogP) is 5.20. The van der Waals surface area contributed by atoms with Crippen LogP contribution in [0.3, 0.4) is 0 Å². The highest BCUT2D eigenvalue weighted by molar-refractivity contribution is 5.99. The molecule has 5 heteroatoms. The van der Waals surface area contributed by atoms with Crippen LogP contribution in [0.15, 0.2) is 45.6 Å². The molecule has 0 bridgehead atoms. The summed E-state index contributed by atoms with van der Waals surface area (Å²) in [6.07, 6.45) is 0.815. The van der Waals surface area contributed by atoms with Crippen molar-refractivity contribution in [2.75, 3.05) is 27.2 Å². The van der Waals surface area contributed by atoms with Crippen molar-refractivity contribution in [1.29, 1.82) is 0 Å². The van der Waals surface area contributed by atoms with Crippen LogP contribution >= 0.6 is 0 Å². The van der Waals surface area contributed by atoms with Crippen LogP contribution in [0.25, 0.3) is 11.0 Å². The Balaban J connectivity index is 1.88. The third-order valence-electron chi connectivity index (χ3n) is 6.68. The van der Waals surface area contributed by atoms with E-state index in [4.69, 9.17) is 4.42 Å². The fraction of sp³-hybridized carbons (Fsp3) is 0.429. The summed E-state index contributed by atoms with van der Waals surface area (Å²) >= 11 is 0. The van der Waals surface area contributed by atoms with Crippen molar-refractivity contribution in [3.8, 4) is 0 Å². The zero-order valence-corrected chi connectivity index (χ0v) is 20.8. The van der Waals surface area contributed by atoms with Gasteiger partial charge in [-0.3, -0.25) is 9.59 Å². The van der Waals surface area contributed by atoms with E-state index in [-0.39, 0.29) is 22.5 Å². The fourth-order valence-electron chi connectivity index (χ4n) is 4.58. The van der Waals surface area contributed by atoms with Crippen LogP contribution < -0.4 is 5.43 Å². The minimum absolute atomic E-state index is 0.0257. The first-order valence-electron chi connectivity index (χ1n) is 11.6. The molecule has 5 nitrogen and oxygen atoms in total. The molecular weight excluding hydrogens is 412 g/mol. The summed E-state index contributed by atoms with van der Waals surface area (Å²) in [7, 11) is 4.04. The molecule has 1 aliphatic heterocycles. The first kappa shape index (κ1) is 23.2. The zero-order chi connectivity index (χ0) is 24.1. The summed E-state index contributed by atoms with van der Waals surface area (Å²) in [5.74, 6) is -0.0172. The summed E-state index contributed by atoms with van der Waals surface area (Å²) in [4.78, 5) is 31.1. The van der Waals surface area contributed by atoms with Crippen LogP contribution in [0.1, 0.15) is 71.6 Å². The summed E-state index contributed by atoms with van der Waals surface area (Å²) in [5.41, 5.74) is 5.08. The highest BCUT2D eigenvalue weighted by atomic mass is 16.3. The van der Waals surface area contributed by atoms with Gasteiger partial charge in [0.15, 0.2) is 5.43 Å². The largest absolute Gasteiger partial charge is 0.450 e. The van der Waals surface area contributed by atoms with Crippen molar-refractivity contribution in [3.63, 3.8) is 0 Å². The number of carbonyl (C=O) groups is 1. The first-order chi connectivity index (χ1) is 15.5. The Kier molecular flexibility index (Phi) is 5.95. The Bertz CT molecular complexity index is 1260. The number of hydrogen-bond donors (Lipinski definition) is 0. The molecule has 0 saturated heterocycles. The van der Waals surface area contributed by atoms with Crippen LogP contribution in [0, 0.1) is 13.8 Å². The number of benzene rings is 2. The summed E-state index contributed by atoms with van der Waals surface area (Å²) < 4.78 is 6.12. The molecule has 0 N–H and O–H groups in total. The molecule has 1 aliphatic rings. The lowest BCUT2D eigenvalue weighted by Crippen LogP contribution is -2.32. The van der Waals surface area contributed by atoms with Crippen molar-refractivity contribution in [1.82, 2.24) is 9.80 Å². The third kappa shape index (κ3) is 4.22. The van der Waals surface area contributed by atoms with Crippen LogP contribution in [0.2, 0.25) is 0 Å².